The summed E-state index contributed by atoms with van der Waals surface area (Å²) in [7, 11) is 0. The molecular weight excluding hydrogens is 264 g/mol. The highest BCUT2D eigenvalue weighted by atomic mass is 16.3. The fourth-order valence-corrected chi connectivity index (χ4v) is 3.75. The number of rotatable bonds is 3. The predicted molar refractivity (Wildman–Crippen MR) is 82.1 cm³/mol. The number of nitrogens with zero attached hydrogens (tertiary/aromatic N) is 1. The highest BCUT2D eigenvalue weighted by Gasteiger charge is 2.35. The lowest BCUT2D eigenvalue weighted by atomic mass is 9.88. The Morgan fingerprint density at radius 2 is 2.00 bits per heavy atom. The van der Waals surface area contributed by atoms with Crippen LogP contribution in [0.25, 0.3) is 0 Å². The molecule has 0 spiro atoms. The number of aromatic hydroxyl groups is 1. The molecule has 2 heterocycles. The van der Waals surface area contributed by atoms with Crippen molar-refractivity contribution in [1.82, 2.24) is 10.2 Å². The summed E-state index contributed by atoms with van der Waals surface area (Å²) in [6.45, 7) is 3.02. The molecular formula is C17H24N2O2. The van der Waals surface area contributed by atoms with Crippen molar-refractivity contribution in [3.63, 3.8) is 0 Å². The molecule has 2 fully saturated rings. The van der Waals surface area contributed by atoms with Crippen LogP contribution in [0, 0.1) is 5.92 Å². The highest BCUT2D eigenvalue weighted by Crippen LogP contribution is 2.30. The topological polar surface area (TPSA) is 52.6 Å². The zero-order chi connectivity index (χ0) is 14.7. The maximum absolute atomic E-state index is 12.6. The van der Waals surface area contributed by atoms with Gasteiger partial charge in [-0.1, -0.05) is 18.2 Å². The van der Waals surface area contributed by atoms with Gasteiger partial charge in [-0.25, -0.2) is 0 Å². The Labute approximate surface area is 126 Å². The van der Waals surface area contributed by atoms with Gasteiger partial charge in [-0.2, -0.15) is 0 Å². The minimum atomic E-state index is 0.164. The number of phenols is 1. The lowest BCUT2D eigenvalue weighted by Gasteiger charge is -2.34. The van der Waals surface area contributed by atoms with Gasteiger partial charge in [0.25, 0.3) is 0 Å². The number of para-hydroxylation sites is 1. The minimum absolute atomic E-state index is 0.164. The Kier molecular flexibility index (Phi) is 4.44. The van der Waals surface area contributed by atoms with Crippen molar-refractivity contribution < 1.29 is 9.90 Å². The first-order chi connectivity index (χ1) is 10.3. The normalized spacial score (nSPS) is 23.4. The number of carbonyl (C=O) groups excluding carboxylic acids is 1. The van der Waals surface area contributed by atoms with Gasteiger partial charge in [0.1, 0.15) is 5.75 Å². The number of amides is 1. The molecule has 2 aliphatic rings. The summed E-state index contributed by atoms with van der Waals surface area (Å²) < 4.78 is 0. The summed E-state index contributed by atoms with van der Waals surface area (Å²) in [5, 5.41) is 13.2. The Morgan fingerprint density at radius 3 is 2.76 bits per heavy atom. The number of carbonyl (C=O) groups is 1. The molecule has 1 aromatic carbocycles. The number of likely N-dealkylation sites (tertiary alicyclic amines) is 1. The summed E-state index contributed by atoms with van der Waals surface area (Å²) in [6.07, 6.45) is 4.91. The van der Waals surface area contributed by atoms with Crippen LogP contribution in [-0.4, -0.2) is 41.6 Å². The summed E-state index contributed by atoms with van der Waals surface area (Å²) in [6, 6.07) is 7.55. The maximum Gasteiger partial charge on any atom is 0.227 e. The summed E-state index contributed by atoms with van der Waals surface area (Å²) in [4.78, 5) is 14.7. The van der Waals surface area contributed by atoms with Gasteiger partial charge >= 0.3 is 0 Å². The van der Waals surface area contributed by atoms with Gasteiger partial charge < -0.3 is 15.3 Å². The second kappa shape index (κ2) is 6.48. The van der Waals surface area contributed by atoms with Crippen LogP contribution in [0.1, 0.15) is 31.2 Å². The number of piperidine rings is 1. The van der Waals surface area contributed by atoms with E-state index < -0.39 is 0 Å². The molecule has 0 bridgehead atoms. The van der Waals surface area contributed by atoms with Crippen LogP contribution >= 0.6 is 0 Å². The number of hydrogen-bond donors (Lipinski definition) is 2. The van der Waals surface area contributed by atoms with Gasteiger partial charge in [-0.05, 0) is 50.8 Å². The van der Waals surface area contributed by atoms with Gasteiger partial charge in [0, 0.05) is 18.2 Å². The lowest BCUT2D eigenvalue weighted by molar-refractivity contribution is -0.132. The van der Waals surface area contributed by atoms with E-state index in [0.717, 1.165) is 38.0 Å². The van der Waals surface area contributed by atoms with Gasteiger partial charge in [0.2, 0.25) is 5.91 Å². The van der Waals surface area contributed by atoms with Crippen LogP contribution in [0.4, 0.5) is 0 Å². The maximum atomic E-state index is 12.6. The second-order valence-corrected chi connectivity index (χ2v) is 6.19. The minimum Gasteiger partial charge on any atom is -0.508 e. The highest BCUT2D eigenvalue weighted by molar-refractivity contribution is 5.80. The molecule has 0 aliphatic carbocycles. The van der Waals surface area contributed by atoms with E-state index in [2.05, 4.69) is 10.2 Å². The first kappa shape index (κ1) is 14.4. The largest absolute Gasteiger partial charge is 0.508 e. The predicted octanol–water partition coefficient (Wildman–Crippen LogP) is 1.93. The van der Waals surface area contributed by atoms with Crippen molar-refractivity contribution in [2.75, 3.05) is 19.6 Å². The van der Waals surface area contributed by atoms with Crippen molar-refractivity contribution in [1.29, 1.82) is 0 Å². The average molecular weight is 288 g/mol. The molecule has 4 heteroatoms. The van der Waals surface area contributed by atoms with E-state index in [1.807, 2.05) is 12.1 Å². The summed E-state index contributed by atoms with van der Waals surface area (Å²) >= 11 is 0. The molecule has 2 aliphatic heterocycles. The van der Waals surface area contributed by atoms with E-state index in [9.17, 15) is 9.90 Å². The van der Waals surface area contributed by atoms with Crippen LogP contribution in [0.2, 0.25) is 0 Å². The van der Waals surface area contributed by atoms with Crippen LogP contribution in [0.3, 0.4) is 0 Å². The van der Waals surface area contributed by atoms with Crippen LogP contribution in [-0.2, 0) is 11.2 Å². The fraction of sp³-hybridized carbons (Fsp3) is 0.588. The fourth-order valence-electron chi connectivity index (χ4n) is 3.75. The zero-order valence-electron chi connectivity index (χ0n) is 12.4. The number of hydrogen-bond acceptors (Lipinski definition) is 3. The molecule has 0 saturated carbocycles. The SMILES string of the molecule is O=C(Cc1ccccc1O)N1CCCC1C1CCNCC1. The average Bonchev–Trinajstić information content (AvgIpc) is 3.00. The van der Waals surface area contributed by atoms with E-state index in [1.54, 1.807) is 12.1 Å². The van der Waals surface area contributed by atoms with Crippen molar-refractivity contribution in [3.05, 3.63) is 29.8 Å². The molecule has 0 aromatic heterocycles. The smallest absolute Gasteiger partial charge is 0.227 e. The van der Waals surface area contributed by atoms with Gasteiger partial charge in [0.15, 0.2) is 0 Å². The van der Waals surface area contributed by atoms with Crippen LogP contribution < -0.4 is 5.32 Å². The number of nitrogens with one attached hydrogen (secondary N) is 1. The molecule has 0 radical (unpaired) electrons. The van der Waals surface area contributed by atoms with E-state index in [4.69, 9.17) is 0 Å². The molecule has 3 rings (SSSR count). The number of benzene rings is 1. The summed E-state index contributed by atoms with van der Waals surface area (Å²) in [5.74, 6) is 1.03. The molecule has 2 saturated heterocycles. The molecule has 114 valence electrons. The Morgan fingerprint density at radius 1 is 1.24 bits per heavy atom. The molecule has 1 amide bonds. The molecule has 2 N–H and O–H groups in total. The van der Waals surface area contributed by atoms with Crippen molar-refractivity contribution in [3.8, 4) is 5.75 Å². The van der Waals surface area contributed by atoms with E-state index in [0.29, 0.717) is 18.4 Å². The summed E-state index contributed by atoms with van der Waals surface area (Å²) in [5.41, 5.74) is 0.735. The van der Waals surface area contributed by atoms with Gasteiger partial charge in [0.05, 0.1) is 6.42 Å². The Hall–Kier alpha value is -1.55. The second-order valence-electron chi connectivity index (χ2n) is 6.19. The molecule has 4 nitrogen and oxygen atoms in total. The third kappa shape index (κ3) is 3.21. The lowest BCUT2D eigenvalue weighted by Crippen LogP contribution is -2.44. The van der Waals surface area contributed by atoms with Crippen LogP contribution in [0.5, 0.6) is 5.75 Å². The quantitative estimate of drug-likeness (QED) is 0.893. The van der Waals surface area contributed by atoms with Gasteiger partial charge in [-0.3, -0.25) is 4.79 Å². The van der Waals surface area contributed by atoms with E-state index >= 15 is 0 Å². The van der Waals surface area contributed by atoms with Crippen LogP contribution in [0.15, 0.2) is 24.3 Å². The van der Waals surface area contributed by atoms with E-state index in [1.165, 1.54) is 12.8 Å². The first-order valence-electron chi connectivity index (χ1n) is 8.03. The zero-order valence-corrected chi connectivity index (χ0v) is 12.4. The first-order valence-corrected chi connectivity index (χ1v) is 8.03. The number of phenolic OH excluding ortho intramolecular Hbond substituents is 1. The van der Waals surface area contributed by atoms with Gasteiger partial charge in [-0.15, -0.1) is 0 Å². The van der Waals surface area contributed by atoms with Crippen molar-refractivity contribution in [2.24, 2.45) is 5.92 Å². The molecule has 1 aromatic rings. The van der Waals surface area contributed by atoms with Crippen molar-refractivity contribution in [2.45, 2.75) is 38.1 Å². The Balaban J connectivity index is 1.67. The monoisotopic (exact) mass is 288 g/mol. The standard InChI is InChI=1S/C17H24N2O2/c20-16-6-2-1-4-14(16)12-17(21)19-11-3-5-15(19)13-7-9-18-10-8-13/h1-2,4,6,13,15,18,20H,3,5,7-12H2. The molecule has 1 unspecified atom stereocenters. The van der Waals surface area contributed by atoms with E-state index in [-0.39, 0.29) is 11.7 Å². The molecule has 21 heavy (non-hydrogen) atoms. The van der Waals surface area contributed by atoms with Crippen molar-refractivity contribution >= 4 is 5.91 Å². The Bertz CT molecular complexity index is 497. The third-order valence-corrected chi connectivity index (χ3v) is 4.88. The third-order valence-electron chi connectivity index (χ3n) is 4.88. The molecule has 1 atom stereocenters.